The monoisotopic (exact) mass is 718 g/mol. The summed E-state index contributed by atoms with van der Waals surface area (Å²) in [4.78, 5) is 14.8. The summed E-state index contributed by atoms with van der Waals surface area (Å²) in [5, 5.41) is 0. The van der Waals surface area contributed by atoms with Gasteiger partial charge in [0.25, 0.3) is 0 Å². The lowest BCUT2D eigenvalue weighted by Gasteiger charge is -2.20. The first-order valence-electron chi connectivity index (χ1n) is 22.9. The van der Waals surface area contributed by atoms with E-state index in [1.54, 1.807) is 0 Å². The molecule has 51 heavy (non-hydrogen) atoms. The van der Waals surface area contributed by atoms with Crippen molar-refractivity contribution in [1.29, 1.82) is 0 Å². The minimum Gasteiger partial charge on any atom is -0.487 e. The Hall–Kier alpha value is -1.25. The van der Waals surface area contributed by atoms with Crippen LogP contribution in [0.5, 0.6) is 0 Å². The summed E-state index contributed by atoms with van der Waals surface area (Å²) in [5.74, 6) is 1.03. The van der Waals surface area contributed by atoms with E-state index in [0.29, 0.717) is 12.5 Å². The first-order valence-corrected chi connectivity index (χ1v) is 22.9. The second kappa shape index (κ2) is 39.9. The van der Waals surface area contributed by atoms with Crippen molar-refractivity contribution in [3.8, 4) is 0 Å². The molecule has 0 aromatic carbocycles. The van der Waals surface area contributed by atoms with Crippen LogP contribution in [0.15, 0.2) is 18.1 Å². The van der Waals surface area contributed by atoms with Gasteiger partial charge in [0.05, 0.1) is 6.10 Å². The summed E-state index contributed by atoms with van der Waals surface area (Å²) >= 11 is 0. The van der Waals surface area contributed by atoms with Crippen LogP contribution in [0.1, 0.15) is 246 Å². The van der Waals surface area contributed by atoms with E-state index in [-0.39, 0.29) is 12.1 Å². The van der Waals surface area contributed by atoms with Gasteiger partial charge in [-0.05, 0) is 90.8 Å². The molecule has 1 atom stereocenters. The molecular formula is C47H91NO3. The van der Waals surface area contributed by atoms with E-state index in [9.17, 15) is 4.79 Å². The molecule has 0 fully saturated rings. The van der Waals surface area contributed by atoms with Crippen molar-refractivity contribution >= 4 is 5.97 Å². The Bertz CT molecular complexity index is 759. The first-order chi connectivity index (χ1) is 25.0. The molecule has 0 aliphatic heterocycles. The standard InChI is InChI=1S/C47H91NO3/c1-7-12-15-18-23-31-38-45(11-5)51-47(49)41-34-27-22-29-36-43-48(6)42-35-28-21-26-30-37-44(10-4)50-46(39-32-24-19-16-13-8-2)40-33-25-20-17-14-9-3/h45-46H,4,7-9,11-43H2,1-3,5-6H3. The van der Waals surface area contributed by atoms with E-state index in [0.717, 1.165) is 37.9 Å². The Labute approximate surface area is 320 Å². The zero-order valence-electron chi connectivity index (χ0n) is 35.5. The largest absolute Gasteiger partial charge is 0.487 e. The molecule has 0 aliphatic carbocycles. The molecule has 0 heterocycles. The van der Waals surface area contributed by atoms with Gasteiger partial charge in [-0.3, -0.25) is 4.79 Å². The molecule has 0 bridgehead atoms. The predicted molar refractivity (Wildman–Crippen MR) is 225 cm³/mol. The van der Waals surface area contributed by atoms with Gasteiger partial charge in [-0.25, -0.2) is 0 Å². The summed E-state index contributed by atoms with van der Waals surface area (Å²) in [6.07, 6.45) is 42.5. The zero-order valence-corrected chi connectivity index (χ0v) is 35.5. The maximum absolute atomic E-state index is 12.3. The Balaban J connectivity index is 3.95. The zero-order chi connectivity index (χ0) is 37.5. The minimum atomic E-state index is 0.0183. The van der Waals surface area contributed by atoms with Gasteiger partial charge in [0.2, 0.25) is 0 Å². The van der Waals surface area contributed by atoms with Gasteiger partial charge in [0.1, 0.15) is 11.9 Å². The van der Waals surface area contributed by atoms with Crippen molar-refractivity contribution in [2.24, 2.45) is 0 Å². The molecule has 0 aromatic heterocycles. The Morgan fingerprint density at radius 2 is 0.863 bits per heavy atom. The van der Waals surface area contributed by atoms with Gasteiger partial charge < -0.3 is 14.4 Å². The number of nitrogens with zero attached hydrogens (tertiary/aromatic N) is 1. The van der Waals surface area contributed by atoms with Crippen molar-refractivity contribution in [1.82, 2.24) is 4.90 Å². The maximum Gasteiger partial charge on any atom is 0.306 e. The van der Waals surface area contributed by atoms with Crippen LogP contribution in [-0.4, -0.2) is 43.2 Å². The molecule has 4 heteroatoms. The van der Waals surface area contributed by atoms with Crippen molar-refractivity contribution in [2.75, 3.05) is 20.1 Å². The lowest BCUT2D eigenvalue weighted by atomic mass is 10.0. The molecule has 0 saturated carbocycles. The summed E-state index contributed by atoms with van der Waals surface area (Å²) in [5.41, 5.74) is 3.16. The van der Waals surface area contributed by atoms with E-state index >= 15 is 0 Å². The molecule has 0 aliphatic rings. The van der Waals surface area contributed by atoms with Gasteiger partial charge in [0, 0.05) is 12.8 Å². The molecule has 0 radical (unpaired) electrons. The Kier molecular flexibility index (Phi) is 39.0. The van der Waals surface area contributed by atoms with E-state index in [1.807, 2.05) is 0 Å². The molecular weight excluding hydrogens is 627 g/mol. The number of hydrogen-bond acceptors (Lipinski definition) is 4. The third-order valence-electron chi connectivity index (χ3n) is 10.8. The van der Waals surface area contributed by atoms with Crippen LogP contribution in [0, 0.1) is 0 Å². The number of unbranched alkanes of at least 4 members (excludes halogenated alkanes) is 23. The average Bonchev–Trinajstić information content (AvgIpc) is 3.13. The van der Waals surface area contributed by atoms with E-state index in [1.165, 1.54) is 193 Å². The highest BCUT2D eigenvalue weighted by atomic mass is 16.5. The summed E-state index contributed by atoms with van der Waals surface area (Å²) in [6.45, 7) is 15.4. The highest BCUT2D eigenvalue weighted by molar-refractivity contribution is 5.69. The Morgan fingerprint density at radius 1 is 0.490 bits per heavy atom. The van der Waals surface area contributed by atoms with Crippen LogP contribution in [0.2, 0.25) is 0 Å². The highest BCUT2D eigenvalue weighted by Gasteiger charge is 2.13. The molecule has 0 rings (SSSR count). The van der Waals surface area contributed by atoms with Crippen LogP contribution in [0.4, 0.5) is 0 Å². The number of ether oxygens (including phenoxy) is 2. The maximum atomic E-state index is 12.3. The summed E-state index contributed by atoms with van der Waals surface area (Å²) in [6, 6.07) is 0. The minimum absolute atomic E-state index is 0.0183. The molecule has 0 N–H and O–H groups in total. The number of esters is 1. The normalized spacial score (nSPS) is 12.1. The van der Waals surface area contributed by atoms with E-state index < -0.39 is 0 Å². The quantitative estimate of drug-likeness (QED) is 0.0273. The number of carbonyl (C=O) groups is 1. The number of carbonyl (C=O) groups excluding carboxylic acids is 1. The predicted octanol–water partition coefficient (Wildman–Crippen LogP) is 15.2. The van der Waals surface area contributed by atoms with Crippen molar-refractivity contribution in [3.63, 3.8) is 0 Å². The van der Waals surface area contributed by atoms with Gasteiger partial charge in [-0.2, -0.15) is 0 Å². The number of allylic oxidation sites excluding steroid dienone is 1. The molecule has 1 unspecified atom stereocenters. The number of rotatable bonds is 41. The fourth-order valence-corrected chi connectivity index (χ4v) is 7.19. The van der Waals surface area contributed by atoms with Crippen LogP contribution in [-0.2, 0) is 14.3 Å². The second-order valence-corrected chi connectivity index (χ2v) is 15.9. The second-order valence-electron chi connectivity index (χ2n) is 15.9. The van der Waals surface area contributed by atoms with Gasteiger partial charge >= 0.3 is 5.97 Å². The van der Waals surface area contributed by atoms with Crippen LogP contribution in [0.25, 0.3) is 0 Å². The fraction of sp³-hybridized carbons (Fsp3) is 0.915. The lowest BCUT2D eigenvalue weighted by Crippen LogP contribution is -2.20. The van der Waals surface area contributed by atoms with Gasteiger partial charge in [0.15, 0.2) is 0 Å². The molecule has 0 aromatic rings. The SMILES string of the molecule is C=C=C(CCCCCCCN(C)CCCCCCCC(=O)OC(CC)CCCCCCCC)OC(CCCCCCCC)CCCCCCCC. The van der Waals surface area contributed by atoms with Crippen molar-refractivity contribution in [2.45, 2.75) is 258 Å². The molecule has 0 saturated heterocycles. The third kappa shape index (κ3) is 35.5. The Morgan fingerprint density at radius 3 is 1.29 bits per heavy atom. The third-order valence-corrected chi connectivity index (χ3v) is 10.8. The summed E-state index contributed by atoms with van der Waals surface area (Å²) in [7, 11) is 2.27. The molecule has 0 spiro atoms. The van der Waals surface area contributed by atoms with Gasteiger partial charge in [-0.15, -0.1) is 0 Å². The van der Waals surface area contributed by atoms with E-state index in [4.69, 9.17) is 9.47 Å². The van der Waals surface area contributed by atoms with Crippen LogP contribution < -0.4 is 0 Å². The number of hydrogen-bond donors (Lipinski definition) is 0. The van der Waals surface area contributed by atoms with Crippen molar-refractivity contribution in [3.05, 3.63) is 18.1 Å². The topological polar surface area (TPSA) is 38.8 Å². The molecule has 302 valence electrons. The van der Waals surface area contributed by atoms with Crippen LogP contribution in [0.3, 0.4) is 0 Å². The molecule has 0 amide bonds. The lowest BCUT2D eigenvalue weighted by molar-refractivity contribution is -0.149. The fourth-order valence-electron chi connectivity index (χ4n) is 7.19. The summed E-state index contributed by atoms with van der Waals surface area (Å²) < 4.78 is 12.3. The smallest absolute Gasteiger partial charge is 0.306 e. The average molecular weight is 718 g/mol. The highest BCUT2D eigenvalue weighted by Crippen LogP contribution is 2.22. The first kappa shape index (κ1) is 49.8. The van der Waals surface area contributed by atoms with Gasteiger partial charge in [-0.1, -0.05) is 175 Å². The van der Waals surface area contributed by atoms with Crippen molar-refractivity contribution < 1.29 is 14.3 Å². The van der Waals surface area contributed by atoms with E-state index in [2.05, 4.69) is 52.0 Å². The van der Waals surface area contributed by atoms with Crippen LogP contribution >= 0.6 is 0 Å². The molecule has 4 nitrogen and oxygen atoms in total.